The minimum Gasteiger partial charge on any atom is -0.399 e. The number of aromatic nitrogens is 2. The average Bonchev–Trinajstić information content (AvgIpc) is 2.76. The Morgan fingerprint density at radius 3 is 2.84 bits per heavy atom. The van der Waals surface area contributed by atoms with Crippen LogP contribution in [0.4, 0.5) is 5.69 Å². The lowest BCUT2D eigenvalue weighted by Crippen LogP contribution is -2.24. The summed E-state index contributed by atoms with van der Waals surface area (Å²) < 4.78 is 1.81. The van der Waals surface area contributed by atoms with Gasteiger partial charge in [0.2, 0.25) is 0 Å². The predicted molar refractivity (Wildman–Crippen MR) is 75.3 cm³/mol. The van der Waals surface area contributed by atoms with Crippen LogP contribution in [-0.4, -0.2) is 15.5 Å². The first-order chi connectivity index (χ1) is 8.99. The molecular formula is C12H12Cl2N4O. The highest BCUT2D eigenvalue weighted by Crippen LogP contribution is 2.28. The summed E-state index contributed by atoms with van der Waals surface area (Å²) >= 11 is 11.9. The summed E-state index contributed by atoms with van der Waals surface area (Å²) in [7, 11) is 1.85. The summed E-state index contributed by atoms with van der Waals surface area (Å²) in [5, 5.41) is 3.16. The third-order valence-electron chi connectivity index (χ3n) is 2.62. The highest BCUT2D eigenvalue weighted by Gasteiger charge is 2.14. The van der Waals surface area contributed by atoms with Gasteiger partial charge in [-0.15, -0.1) is 0 Å². The molecule has 2 aromatic rings. The number of anilines is 1. The van der Waals surface area contributed by atoms with Crippen LogP contribution in [0.3, 0.4) is 0 Å². The molecule has 0 fully saturated rings. The van der Waals surface area contributed by atoms with Gasteiger partial charge in [0.25, 0.3) is 5.91 Å². The molecule has 0 saturated heterocycles. The van der Waals surface area contributed by atoms with E-state index < -0.39 is 0 Å². The summed E-state index contributed by atoms with van der Waals surface area (Å²) in [5.41, 5.74) is 6.28. The molecule has 5 nitrogen and oxygen atoms in total. The van der Waals surface area contributed by atoms with Crippen molar-refractivity contribution in [3.8, 4) is 0 Å². The van der Waals surface area contributed by atoms with Gasteiger partial charge in [0, 0.05) is 25.1 Å². The minimum absolute atomic E-state index is 0.188. The van der Waals surface area contributed by atoms with Gasteiger partial charge in [-0.1, -0.05) is 23.2 Å². The van der Waals surface area contributed by atoms with E-state index >= 15 is 0 Å². The Balaban J connectivity index is 2.15. The molecule has 2 rings (SSSR count). The largest absolute Gasteiger partial charge is 0.399 e. The number of aryl methyl sites for hydroxylation is 1. The fraction of sp³-hybridized carbons (Fsp3) is 0.167. The van der Waals surface area contributed by atoms with Crippen LogP contribution in [-0.2, 0) is 13.6 Å². The molecule has 0 atom stereocenters. The van der Waals surface area contributed by atoms with Gasteiger partial charge in [0.05, 0.1) is 22.2 Å². The second-order valence-corrected chi connectivity index (χ2v) is 4.79. The average molecular weight is 299 g/mol. The van der Waals surface area contributed by atoms with Crippen molar-refractivity contribution in [2.45, 2.75) is 6.54 Å². The molecule has 0 radical (unpaired) electrons. The van der Waals surface area contributed by atoms with Gasteiger partial charge < -0.3 is 15.6 Å². The number of nitrogens with zero attached hydrogens (tertiary/aromatic N) is 2. The fourth-order valence-corrected chi connectivity index (χ4v) is 2.02. The molecule has 0 bridgehead atoms. The van der Waals surface area contributed by atoms with Crippen molar-refractivity contribution >= 4 is 34.8 Å². The number of halogens is 2. The quantitative estimate of drug-likeness (QED) is 0.854. The zero-order valence-electron chi connectivity index (χ0n) is 10.2. The number of nitrogens with two attached hydrogens (primary N) is 1. The SMILES string of the molecule is Cn1ccnc1CNC(=O)c1cc(N)cc(Cl)c1Cl. The molecule has 0 aliphatic carbocycles. The number of hydrogen-bond donors (Lipinski definition) is 2. The number of nitrogens with one attached hydrogen (secondary N) is 1. The van der Waals surface area contributed by atoms with Crippen LogP contribution < -0.4 is 11.1 Å². The maximum atomic E-state index is 12.0. The first-order valence-electron chi connectivity index (χ1n) is 5.48. The lowest BCUT2D eigenvalue weighted by molar-refractivity contribution is 0.0950. The molecule has 1 amide bonds. The molecule has 100 valence electrons. The molecular weight excluding hydrogens is 287 g/mol. The molecule has 1 aromatic carbocycles. The number of imidazole rings is 1. The van der Waals surface area contributed by atoms with Gasteiger partial charge in [-0.3, -0.25) is 4.79 Å². The van der Waals surface area contributed by atoms with Crippen LogP contribution in [0.5, 0.6) is 0 Å². The number of amides is 1. The number of nitrogen functional groups attached to an aromatic ring is 1. The Hall–Kier alpha value is -1.72. The first-order valence-corrected chi connectivity index (χ1v) is 6.23. The Morgan fingerprint density at radius 1 is 1.47 bits per heavy atom. The summed E-state index contributed by atoms with van der Waals surface area (Å²) in [6.07, 6.45) is 3.46. The first kappa shape index (κ1) is 13.7. The molecule has 1 heterocycles. The molecule has 0 aliphatic rings. The third kappa shape index (κ3) is 3.00. The Kier molecular flexibility index (Phi) is 3.97. The maximum absolute atomic E-state index is 12.0. The van der Waals surface area contributed by atoms with E-state index in [0.717, 1.165) is 5.82 Å². The van der Waals surface area contributed by atoms with Crippen LogP contribution in [0, 0.1) is 0 Å². The second kappa shape index (κ2) is 5.50. The second-order valence-electron chi connectivity index (χ2n) is 4.00. The summed E-state index contributed by atoms with van der Waals surface area (Å²) in [4.78, 5) is 16.1. The molecule has 7 heteroatoms. The third-order valence-corrected chi connectivity index (χ3v) is 3.43. The molecule has 1 aromatic heterocycles. The Labute approximate surface area is 120 Å². The van der Waals surface area contributed by atoms with Gasteiger partial charge in [-0.25, -0.2) is 4.98 Å². The number of carbonyl (C=O) groups is 1. The summed E-state index contributed by atoms with van der Waals surface area (Å²) in [6, 6.07) is 2.99. The van der Waals surface area contributed by atoms with E-state index in [9.17, 15) is 4.79 Å². The van der Waals surface area contributed by atoms with Crippen molar-refractivity contribution < 1.29 is 4.79 Å². The van der Waals surface area contributed by atoms with Crippen LogP contribution >= 0.6 is 23.2 Å². The van der Waals surface area contributed by atoms with Gasteiger partial charge in [-0.2, -0.15) is 0 Å². The van der Waals surface area contributed by atoms with Gasteiger partial charge in [0.1, 0.15) is 5.82 Å². The summed E-state index contributed by atoms with van der Waals surface area (Å²) in [5.74, 6) is 0.390. The van der Waals surface area contributed by atoms with Gasteiger partial charge >= 0.3 is 0 Å². The highest BCUT2D eigenvalue weighted by molar-refractivity contribution is 6.44. The smallest absolute Gasteiger partial charge is 0.253 e. The van der Waals surface area contributed by atoms with Gasteiger partial charge in [0.15, 0.2) is 0 Å². The van der Waals surface area contributed by atoms with E-state index in [1.807, 2.05) is 11.6 Å². The monoisotopic (exact) mass is 298 g/mol. The molecule has 0 saturated carbocycles. The van der Waals surface area contributed by atoms with E-state index in [0.29, 0.717) is 12.2 Å². The van der Waals surface area contributed by atoms with Crippen molar-refractivity contribution in [3.05, 3.63) is 46.0 Å². The normalized spacial score (nSPS) is 10.5. The topological polar surface area (TPSA) is 72.9 Å². The van der Waals surface area contributed by atoms with E-state index in [2.05, 4.69) is 10.3 Å². The van der Waals surface area contributed by atoms with Crippen LogP contribution in [0.1, 0.15) is 16.2 Å². The van der Waals surface area contributed by atoms with E-state index in [4.69, 9.17) is 28.9 Å². The predicted octanol–water partition coefficient (Wildman–Crippen LogP) is 2.24. The molecule has 19 heavy (non-hydrogen) atoms. The summed E-state index contributed by atoms with van der Waals surface area (Å²) in [6.45, 7) is 0.297. The van der Waals surface area contributed by atoms with Crippen molar-refractivity contribution in [2.24, 2.45) is 7.05 Å². The number of benzene rings is 1. The Morgan fingerprint density at radius 2 is 2.21 bits per heavy atom. The zero-order chi connectivity index (χ0) is 14.0. The Bertz CT molecular complexity index is 624. The van der Waals surface area contributed by atoms with Crippen molar-refractivity contribution in [3.63, 3.8) is 0 Å². The number of hydrogen-bond acceptors (Lipinski definition) is 3. The van der Waals surface area contributed by atoms with Crippen molar-refractivity contribution in [2.75, 3.05) is 5.73 Å². The lowest BCUT2D eigenvalue weighted by atomic mass is 10.2. The fourth-order valence-electron chi connectivity index (χ4n) is 1.60. The lowest BCUT2D eigenvalue weighted by Gasteiger charge is -2.09. The van der Waals surface area contributed by atoms with Gasteiger partial charge in [-0.05, 0) is 12.1 Å². The zero-order valence-corrected chi connectivity index (χ0v) is 11.7. The molecule has 0 aliphatic heterocycles. The van der Waals surface area contributed by atoms with Crippen LogP contribution in [0.2, 0.25) is 10.0 Å². The van der Waals surface area contributed by atoms with Crippen molar-refractivity contribution in [1.82, 2.24) is 14.9 Å². The standard InChI is InChI=1S/C12H12Cl2N4O/c1-18-3-2-16-10(18)6-17-12(19)8-4-7(15)5-9(13)11(8)14/h2-5H,6,15H2,1H3,(H,17,19). The maximum Gasteiger partial charge on any atom is 0.253 e. The van der Waals surface area contributed by atoms with E-state index in [-0.39, 0.29) is 21.5 Å². The number of carbonyl (C=O) groups excluding carboxylic acids is 1. The minimum atomic E-state index is -0.345. The van der Waals surface area contributed by atoms with Crippen LogP contribution in [0.15, 0.2) is 24.5 Å². The molecule has 0 unspecified atom stereocenters. The van der Waals surface area contributed by atoms with E-state index in [1.165, 1.54) is 12.1 Å². The highest BCUT2D eigenvalue weighted by atomic mass is 35.5. The van der Waals surface area contributed by atoms with Crippen molar-refractivity contribution in [1.29, 1.82) is 0 Å². The number of rotatable bonds is 3. The van der Waals surface area contributed by atoms with E-state index in [1.54, 1.807) is 12.4 Å². The van der Waals surface area contributed by atoms with Crippen LogP contribution in [0.25, 0.3) is 0 Å². The molecule has 3 N–H and O–H groups in total. The molecule has 0 spiro atoms.